The molecule has 89 heavy (non-hydrogen) atoms. The maximum Gasteiger partial charge on any atom is 0.342 e. The van der Waals surface area contributed by atoms with Gasteiger partial charge in [0.25, 0.3) is 0 Å². The number of rotatable bonds is 25. The van der Waals surface area contributed by atoms with Gasteiger partial charge in [-0.25, -0.2) is 19.2 Å². The highest BCUT2D eigenvalue weighted by Crippen LogP contribution is 2.45. The first-order valence-electron chi connectivity index (χ1n) is 34.2. The van der Waals surface area contributed by atoms with Crippen LogP contribution in [0.25, 0.3) is 0 Å². The van der Waals surface area contributed by atoms with E-state index >= 15 is 0 Å². The summed E-state index contributed by atoms with van der Waals surface area (Å²) in [6.45, 7) is 14.2. The average molecular weight is 1260 g/mol. The number of aromatic hydroxyl groups is 2. The van der Waals surface area contributed by atoms with Crippen molar-refractivity contribution in [3.63, 3.8) is 0 Å². The Morgan fingerprint density at radius 2 is 0.787 bits per heavy atom. The van der Waals surface area contributed by atoms with Gasteiger partial charge in [-0.3, -0.25) is 14.4 Å². The largest absolute Gasteiger partial charge is 0.508 e. The SMILES string of the molecule is C=CC(=O)OCCCCOC(=O)c1cc(O)ccc1O.C=CC(=O)OCCCCOC(=O)c1cc(OC(=O)C2CCC(C3CCC(CC)CC3)CC2)ccc1OC(=O)C1CCC(C2CCC(CC)CC2)CC1.CCC1CCC(C2CCC(C(=O)Cl)CC2)CC1. The van der Waals surface area contributed by atoms with Crippen LogP contribution in [0, 0.1) is 71.0 Å². The highest BCUT2D eigenvalue weighted by atomic mass is 35.5. The third kappa shape index (κ3) is 24.1. The molecule has 15 nitrogen and oxygen atoms in total. The summed E-state index contributed by atoms with van der Waals surface area (Å²) in [5, 5.41) is 18.6. The summed E-state index contributed by atoms with van der Waals surface area (Å²) in [6, 6.07) is 8.22. The van der Waals surface area contributed by atoms with Gasteiger partial charge in [0.05, 0.1) is 38.3 Å². The van der Waals surface area contributed by atoms with E-state index in [4.69, 9.17) is 40.0 Å². The van der Waals surface area contributed by atoms with E-state index in [0.717, 1.165) is 124 Å². The van der Waals surface area contributed by atoms with E-state index in [0.29, 0.717) is 37.5 Å². The molecule has 494 valence electrons. The Hall–Kier alpha value is -5.70. The molecular formula is C73H105ClO15. The minimum Gasteiger partial charge on any atom is -0.508 e. The van der Waals surface area contributed by atoms with E-state index in [-0.39, 0.29) is 95.5 Å². The number of esters is 6. The van der Waals surface area contributed by atoms with E-state index in [1.165, 1.54) is 127 Å². The summed E-state index contributed by atoms with van der Waals surface area (Å²) in [5.74, 6) is 4.32. The van der Waals surface area contributed by atoms with E-state index < -0.39 is 23.9 Å². The summed E-state index contributed by atoms with van der Waals surface area (Å²) in [7, 11) is 0. The van der Waals surface area contributed by atoms with Crippen LogP contribution in [0.3, 0.4) is 0 Å². The Labute approximate surface area is 535 Å². The van der Waals surface area contributed by atoms with E-state index in [1.807, 2.05) is 0 Å². The molecule has 6 saturated carbocycles. The van der Waals surface area contributed by atoms with E-state index in [2.05, 4.69) is 33.9 Å². The highest BCUT2D eigenvalue weighted by molar-refractivity contribution is 6.64. The van der Waals surface area contributed by atoms with Gasteiger partial charge in [0.15, 0.2) is 0 Å². The van der Waals surface area contributed by atoms with Gasteiger partial charge in [-0.15, -0.1) is 0 Å². The molecule has 0 aliphatic heterocycles. The third-order valence-corrected chi connectivity index (χ3v) is 21.2. The fourth-order valence-corrected chi connectivity index (χ4v) is 15.1. The minimum atomic E-state index is -0.721. The van der Waals surface area contributed by atoms with Crippen molar-refractivity contribution in [3.8, 4) is 23.0 Å². The molecule has 2 aromatic rings. The second-order valence-electron chi connectivity index (χ2n) is 26.3. The molecule has 6 aliphatic carbocycles. The van der Waals surface area contributed by atoms with Crippen LogP contribution in [0.15, 0.2) is 61.7 Å². The van der Waals surface area contributed by atoms with Crippen LogP contribution in [0.1, 0.15) is 241 Å². The number of halogens is 1. The molecule has 0 bridgehead atoms. The molecule has 0 heterocycles. The van der Waals surface area contributed by atoms with E-state index in [9.17, 15) is 43.8 Å². The lowest BCUT2D eigenvalue weighted by Crippen LogP contribution is -2.30. The number of hydrogen-bond acceptors (Lipinski definition) is 15. The zero-order valence-corrected chi connectivity index (χ0v) is 54.5. The fourth-order valence-electron chi connectivity index (χ4n) is 14.9. The smallest absolute Gasteiger partial charge is 0.342 e. The first-order valence-corrected chi connectivity index (χ1v) is 34.6. The first kappa shape index (κ1) is 72.4. The van der Waals surface area contributed by atoms with Gasteiger partial charge in [0.2, 0.25) is 5.24 Å². The summed E-state index contributed by atoms with van der Waals surface area (Å²) >= 11 is 5.59. The first-order chi connectivity index (χ1) is 43.0. The lowest BCUT2D eigenvalue weighted by atomic mass is 9.69. The molecule has 6 fully saturated rings. The maximum atomic E-state index is 13.5. The van der Waals surface area contributed by atoms with Gasteiger partial charge in [0.1, 0.15) is 34.1 Å². The van der Waals surface area contributed by atoms with Gasteiger partial charge >= 0.3 is 35.8 Å². The Kier molecular flexibility index (Phi) is 31.6. The third-order valence-electron chi connectivity index (χ3n) is 20.9. The van der Waals surface area contributed by atoms with Crippen LogP contribution < -0.4 is 9.47 Å². The van der Waals surface area contributed by atoms with Crippen LogP contribution >= 0.6 is 11.6 Å². The quantitative estimate of drug-likeness (QED) is 0.0180. The zero-order valence-electron chi connectivity index (χ0n) is 53.8. The van der Waals surface area contributed by atoms with Crippen molar-refractivity contribution >= 4 is 52.7 Å². The standard InChI is InChI=1S/C44H64O8.C15H25ClO.C14H16O6/c1-4-30-9-13-32(14-10-30)34-17-21-36(22-18-34)42(46)51-38-25-26-40(39(29-38)44(48)50-28-8-7-27-49-41(45)6-3)52-43(47)37-23-19-35(20-24-37)33-15-11-31(5-2)12-16-33;1-2-11-3-5-12(6-4-11)13-7-9-14(10-8-13)15(16)17;1-2-13(17)19-7-3-4-8-20-14(18)11-9-10(15)5-6-12(11)16/h6,25-26,29-37H,3-5,7-24,27-28H2,1-2H3;11-14H,2-10H2,1H3;2,5-6,9,15-16H,1,3-4,7-8H2. The summed E-state index contributed by atoms with van der Waals surface area (Å²) in [5.41, 5.74) is -0.0346. The zero-order chi connectivity index (χ0) is 64.1. The number of carbonyl (C=O) groups is 7. The molecule has 0 spiro atoms. The molecule has 2 N–H and O–H groups in total. The number of phenols is 2. The molecule has 6 aliphatic rings. The molecule has 0 radical (unpaired) electrons. The molecule has 0 amide bonds. The van der Waals surface area contributed by atoms with E-state index in [1.54, 1.807) is 12.1 Å². The van der Waals surface area contributed by atoms with Crippen LogP contribution in [-0.2, 0) is 42.9 Å². The molecule has 0 atom stereocenters. The van der Waals surface area contributed by atoms with Crippen molar-refractivity contribution in [2.24, 2.45) is 71.0 Å². The molecule has 0 saturated heterocycles. The minimum absolute atomic E-state index is 0.0597. The van der Waals surface area contributed by atoms with Crippen molar-refractivity contribution < 1.29 is 72.2 Å². The number of phenolic OH excluding ortho intramolecular Hbond substituents is 2. The lowest BCUT2D eigenvalue weighted by molar-refractivity contribution is -0.141. The van der Waals surface area contributed by atoms with Crippen molar-refractivity contribution in [2.75, 3.05) is 26.4 Å². The van der Waals surface area contributed by atoms with Gasteiger partial charge in [-0.1, -0.05) is 91.7 Å². The average Bonchev–Trinajstić information content (AvgIpc) is 2.41. The van der Waals surface area contributed by atoms with Crippen LogP contribution in [-0.4, -0.2) is 77.7 Å². The molecular weight excluding hydrogens is 1150 g/mol. The van der Waals surface area contributed by atoms with Crippen LogP contribution in [0.5, 0.6) is 23.0 Å². The monoisotopic (exact) mass is 1260 g/mol. The fraction of sp³-hybridized carbons (Fsp3) is 0.685. The number of ether oxygens (including phenoxy) is 6. The van der Waals surface area contributed by atoms with Crippen molar-refractivity contribution in [2.45, 2.75) is 220 Å². The molecule has 0 unspecified atom stereocenters. The number of hydrogen-bond donors (Lipinski definition) is 2. The highest BCUT2D eigenvalue weighted by Gasteiger charge is 2.37. The Balaban J connectivity index is 0.000000276. The molecule has 16 heteroatoms. The lowest BCUT2D eigenvalue weighted by Gasteiger charge is -2.37. The Morgan fingerprint density at radius 3 is 1.16 bits per heavy atom. The van der Waals surface area contributed by atoms with Crippen LogP contribution in [0.4, 0.5) is 0 Å². The van der Waals surface area contributed by atoms with Gasteiger partial charge in [-0.2, -0.15) is 0 Å². The second kappa shape index (κ2) is 38.9. The maximum absolute atomic E-state index is 13.5. The van der Waals surface area contributed by atoms with Crippen molar-refractivity contribution in [3.05, 3.63) is 72.8 Å². The predicted molar refractivity (Wildman–Crippen MR) is 343 cm³/mol. The Morgan fingerprint density at radius 1 is 0.438 bits per heavy atom. The molecule has 8 rings (SSSR count). The Bertz CT molecular complexity index is 2550. The number of unbranched alkanes of at least 4 members (excludes halogenated alkanes) is 2. The second-order valence-corrected chi connectivity index (χ2v) is 26.7. The summed E-state index contributed by atoms with van der Waals surface area (Å²) < 4.78 is 32.0. The summed E-state index contributed by atoms with van der Waals surface area (Å²) in [6.07, 6.45) is 36.5. The van der Waals surface area contributed by atoms with Gasteiger partial charge < -0.3 is 38.6 Å². The van der Waals surface area contributed by atoms with Gasteiger partial charge in [-0.05, 0) is 243 Å². The van der Waals surface area contributed by atoms with Crippen molar-refractivity contribution in [1.29, 1.82) is 0 Å². The summed E-state index contributed by atoms with van der Waals surface area (Å²) in [4.78, 5) is 84.9. The van der Waals surface area contributed by atoms with Crippen LogP contribution in [0.2, 0.25) is 0 Å². The molecule has 0 aromatic heterocycles. The molecule has 2 aromatic carbocycles. The van der Waals surface area contributed by atoms with Crippen molar-refractivity contribution in [1.82, 2.24) is 0 Å². The predicted octanol–water partition coefficient (Wildman–Crippen LogP) is 16.7. The topological polar surface area (TPSA) is 215 Å². The van der Waals surface area contributed by atoms with Gasteiger partial charge in [0, 0.05) is 18.1 Å². The number of carbonyl (C=O) groups excluding carboxylic acids is 7. The number of benzene rings is 2. The normalized spacial score (nSPS) is 26.8.